The normalized spacial score (nSPS) is 13.7. The van der Waals surface area contributed by atoms with E-state index in [2.05, 4.69) is 5.32 Å². The Kier molecular flexibility index (Phi) is 6.97. The number of amides is 1. The lowest BCUT2D eigenvalue weighted by atomic mass is 10.2. The van der Waals surface area contributed by atoms with E-state index in [0.29, 0.717) is 16.6 Å². The fourth-order valence-corrected chi connectivity index (χ4v) is 5.33. The van der Waals surface area contributed by atoms with E-state index in [1.165, 1.54) is 0 Å². The molecule has 0 aliphatic carbocycles. The number of nitrogens with one attached hydrogen (secondary N) is 1. The summed E-state index contributed by atoms with van der Waals surface area (Å²) in [5, 5.41) is 3.13. The second-order valence-corrected chi connectivity index (χ2v) is 9.99. The van der Waals surface area contributed by atoms with Crippen LogP contribution in [0.3, 0.4) is 0 Å². The van der Waals surface area contributed by atoms with Crippen LogP contribution >= 0.6 is 17.7 Å². The zero-order chi connectivity index (χ0) is 20.7. The molecule has 2 unspecified atom stereocenters. The van der Waals surface area contributed by atoms with Gasteiger partial charge >= 0.3 is 6.09 Å². The summed E-state index contributed by atoms with van der Waals surface area (Å²) < 4.78 is 24.0. The second kappa shape index (κ2) is 9.64. The number of hydrogen-bond acceptors (Lipinski definition) is 4. The lowest BCUT2D eigenvalue weighted by Gasteiger charge is -2.24. The molecule has 7 heteroatoms. The molecule has 150 valence electrons. The Morgan fingerprint density at radius 1 is 0.966 bits per heavy atom. The molecule has 1 N–H and O–H groups in total. The number of rotatable bonds is 7. The smallest absolute Gasteiger partial charge is 0.408 e. The van der Waals surface area contributed by atoms with Crippen LogP contribution in [0.25, 0.3) is 0 Å². The summed E-state index contributed by atoms with van der Waals surface area (Å²) in [6.07, 6.45) is -0.702. The van der Waals surface area contributed by atoms with E-state index in [0.717, 1.165) is 5.56 Å². The Morgan fingerprint density at radius 2 is 1.55 bits per heavy atom. The first-order valence-corrected chi connectivity index (χ1v) is 11.6. The summed E-state index contributed by atoms with van der Waals surface area (Å²) in [6, 6.07) is 24.9. The highest BCUT2D eigenvalue weighted by atomic mass is 35.7. The number of alkyl carbamates (subject to hydrolysis) is 1. The minimum Gasteiger partial charge on any atom is -0.497 e. The standard InChI is InChI=1S/C22H21ClNO4P/c1-27-19-14-12-18(13-15-19)21(29(23,26)20-10-6-3-7-11-20)24-22(25)28-16-17-8-4-2-5-9-17/h2-15,21H,16H2,1H3,(H,24,25). The lowest BCUT2D eigenvalue weighted by Crippen LogP contribution is -2.30. The third kappa shape index (κ3) is 5.41. The molecule has 0 aliphatic rings. The summed E-state index contributed by atoms with van der Waals surface area (Å²) in [5.74, 6) is -0.316. The minimum atomic E-state index is -3.53. The van der Waals surface area contributed by atoms with E-state index in [4.69, 9.17) is 20.7 Å². The van der Waals surface area contributed by atoms with Crippen LogP contribution in [-0.4, -0.2) is 13.2 Å². The van der Waals surface area contributed by atoms with Crippen molar-refractivity contribution in [3.8, 4) is 5.75 Å². The molecule has 0 saturated heterocycles. The van der Waals surface area contributed by atoms with Crippen molar-refractivity contribution < 1.29 is 18.8 Å². The monoisotopic (exact) mass is 429 g/mol. The zero-order valence-electron chi connectivity index (χ0n) is 15.8. The molecule has 2 atom stereocenters. The molecule has 1 amide bonds. The van der Waals surface area contributed by atoms with Crippen molar-refractivity contribution in [2.24, 2.45) is 0 Å². The lowest BCUT2D eigenvalue weighted by molar-refractivity contribution is 0.138. The fraction of sp³-hybridized carbons (Fsp3) is 0.136. The van der Waals surface area contributed by atoms with Crippen molar-refractivity contribution in [1.29, 1.82) is 0 Å². The average molecular weight is 430 g/mol. The predicted molar refractivity (Wildman–Crippen MR) is 115 cm³/mol. The van der Waals surface area contributed by atoms with Crippen LogP contribution < -0.4 is 15.4 Å². The van der Waals surface area contributed by atoms with Crippen molar-refractivity contribution in [3.05, 3.63) is 96.1 Å². The van der Waals surface area contributed by atoms with Gasteiger partial charge in [0.05, 0.1) is 7.11 Å². The van der Waals surface area contributed by atoms with Gasteiger partial charge in [-0.05, 0) is 34.5 Å². The number of carbonyl (C=O) groups excluding carboxylic acids is 1. The van der Waals surface area contributed by atoms with Gasteiger partial charge < -0.3 is 14.8 Å². The summed E-state index contributed by atoms with van der Waals surface area (Å²) in [6.45, 7) is -3.43. The van der Waals surface area contributed by atoms with E-state index in [-0.39, 0.29) is 6.61 Å². The molecular formula is C22H21ClNO4P. The van der Waals surface area contributed by atoms with E-state index in [9.17, 15) is 9.36 Å². The summed E-state index contributed by atoms with van der Waals surface area (Å²) in [4.78, 5) is 12.5. The average Bonchev–Trinajstić information content (AvgIpc) is 2.77. The Labute approximate surface area is 174 Å². The summed E-state index contributed by atoms with van der Waals surface area (Å²) >= 11 is 6.55. The van der Waals surface area contributed by atoms with Gasteiger partial charge in [-0.15, -0.1) is 0 Å². The third-order valence-electron chi connectivity index (χ3n) is 4.34. The Hall–Kier alpha value is -2.75. The maximum absolute atomic E-state index is 13.5. The quantitative estimate of drug-likeness (QED) is 0.506. The summed E-state index contributed by atoms with van der Waals surface area (Å²) in [5.41, 5.74) is 1.44. The molecule has 0 fully saturated rings. The van der Waals surface area contributed by atoms with E-state index in [1.807, 2.05) is 36.4 Å². The molecule has 0 saturated carbocycles. The summed E-state index contributed by atoms with van der Waals surface area (Å²) in [7, 11) is 1.56. The minimum absolute atomic E-state index is 0.0972. The number of carbonyl (C=O) groups is 1. The van der Waals surface area contributed by atoms with Crippen molar-refractivity contribution in [1.82, 2.24) is 5.32 Å². The molecule has 29 heavy (non-hydrogen) atoms. The van der Waals surface area contributed by atoms with Gasteiger partial charge in [0.25, 0.3) is 0 Å². The third-order valence-corrected chi connectivity index (χ3v) is 7.60. The highest BCUT2D eigenvalue weighted by Crippen LogP contribution is 2.61. The number of benzene rings is 3. The van der Waals surface area contributed by atoms with Crippen LogP contribution in [0.2, 0.25) is 0 Å². The molecule has 0 bridgehead atoms. The topological polar surface area (TPSA) is 64.6 Å². The predicted octanol–water partition coefficient (Wildman–Crippen LogP) is 5.46. The molecule has 5 nitrogen and oxygen atoms in total. The first-order valence-electron chi connectivity index (χ1n) is 8.97. The molecule has 0 spiro atoms. The molecule has 3 rings (SSSR count). The second-order valence-electron chi connectivity index (χ2n) is 6.29. The van der Waals surface area contributed by atoms with Gasteiger partial charge in [-0.25, -0.2) is 4.79 Å². The SMILES string of the molecule is COc1ccc(C(NC(=O)OCc2ccccc2)P(=O)(Cl)c2ccccc2)cc1. The fourth-order valence-electron chi connectivity index (χ4n) is 2.80. The molecule has 0 aliphatic heterocycles. The highest BCUT2D eigenvalue weighted by molar-refractivity contribution is 7.95. The molecule has 0 aromatic heterocycles. The van der Waals surface area contributed by atoms with Crippen LogP contribution in [0.15, 0.2) is 84.9 Å². The van der Waals surface area contributed by atoms with Gasteiger partial charge in [0.15, 0.2) is 0 Å². The van der Waals surface area contributed by atoms with Crippen LogP contribution in [-0.2, 0) is 15.9 Å². The molecule has 0 radical (unpaired) electrons. The van der Waals surface area contributed by atoms with Crippen LogP contribution in [0, 0.1) is 0 Å². The van der Waals surface area contributed by atoms with E-state index >= 15 is 0 Å². The van der Waals surface area contributed by atoms with Crippen molar-refractivity contribution >= 4 is 29.1 Å². The van der Waals surface area contributed by atoms with Gasteiger partial charge in [-0.1, -0.05) is 72.8 Å². The first-order chi connectivity index (χ1) is 14.0. The van der Waals surface area contributed by atoms with Crippen molar-refractivity contribution in [2.75, 3.05) is 7.11 Å². The van der Waals surface area contributed by atoms with E-state index < -0.39 is 18.4 Å². The van der Waals surface area contributed by atoms with Gasteiger partial charge in [0, 0.05) is 5.30 Å². The maximum atomic E-state index is 13.5. The highest BCUT2D eigenvalue weighted by Gasteiger charge is 2.36. The largest absolute Gasteiger partial charge is 0.497 e. The van der Waals surface area contributed by atoms with Gasteiger partial charge in [-0.3, -0.25) is 4.57 Å². The Bertz CT molecular complexity index is 981. The van der Waals surface area contributed by atoms with Gasteiger partial charge in [0.2, 0.25) is 6.49 Å². The van der Waals surface area contributed by atoms with E-state index in [1.54, 1.807) is 55.6 Å². The molecule has 3 aromatic rings. The van der Waals surface area contributed by atoms with Crippen LogP contribution in [0.4, 0.5) is 4.79 Å². The number of halogens is 1. The van der Waals surface area contributed by atoms with Crippen LogP contribution in [0.1, 0.15) is 16.9 Å². The molecule has 3 aromatic carbocycles. The molecule has 0 heterocycles. The van der Waals surface area contributed by atoms with Crippen LogP contribution in [0.5, 0.6) is 5.75 Å². The van der Waals surface area contributed by atoms with Crippen molar-refractivity contribution in [2.45, 2.75) is 12.4 Å². The van der Waals surface area contributed by atoms with Gasteiger partial charge in [0.1, 0.15) is 18.1 Å². The maximum Gasteiger partial charge on any atom is 0.408 e. The Balaban J connectivity index is 1.84. The number of hydrogen-bond donors (Lipinski definition) is 1. The number of methoxy groups -OCH3 is 1. The first kappa shape index (κ1) is 21.0. The van der Waals surface area contributed by atoms with Crippen molar-refractivity contribution in [3.63, 3.8) is 0 Å². The number of ether oxygens (including phenoxy) is 2. The molecular weight excluding hydrogens is 409 g/mol. The zero-order valence-corrected chi connectivity index (χ0v) is 17.5. The Morgan fingerprint density at radius 3 is 2.14 bits per heavy atom. The van der Waals surface area contributed by atoms with Gasteiger partial charge in [-0.2, -0.15) is 0 Å².